The maximum absolute atomic E-state index is 13.2. The molecule has 0 atom stereocenters. The van der Waals surface area contributed by atoms with Crippen molar-refractivity contribution in [2.45, 2.75) is 0 Å². The Balaban J connectivity index is 1.46. The lowest BCUT2D eigenvalue weighted by Gasteiger charge is -2.34. The number of fused-ring (bicyclic) bond motifs is 1. The molecule has 1 fully saturated rings. The Morgan fingerprint density at radius 3 is 2.72 bits per heavy atom. The van der Waals surface area contributed by atoms with Crippen LogP contribution in [0.3, 0.4) is 0 Å². The number of carbonyl (C=O) groups is 1. The fourth-order valence-electron chi connectivity index (χ4n) is 2.83. The topological polar surface area (TPSA) is 49.3 Å². The summed E-state index contributed by atoms with van der Waals surface area (Å²) in [6.07, 6.45) is 1.77. The van der Waals surface area contributed by atoms with E-state index in [1.807, 2.05) is 39.6 Å². The molecule has 128 valence electrons. The van der Waals surface area contributed by atoms with Gasteiger partial charge in [-0.15, -0.1) is 0 Å². The molecule has 0 saturated carbocycles. The zero-order valence-corrected chi connectivity index (χ0v) is 16.1. The molecule has 1 aromatic carbocycles. The molecular formula is C17H14FIN4OS. The number of hydrogen-bond donors (Lipinski definition) is 0. The first kappa shape index (κ1) is 16.6. The molecule has 25 heavy (non-hydrogen) atoms. The van der Waals surface area contributed by atoms with E-state index in [4.69, 9.17) is 0 Å². The normalized spacial score (nSPS) is 15.0. The molecule has 1 aliphatic heterocycles. The number of pyridine rings is 1. The Labute approximate surface area is 161 Å². The van der Waals surface area contributed by atoms with Gasteiger partial charge in [0.25, 0.3) is 5.91 Å². The summed E-state index contributed by atoms with van der Waals surface area (Å²) in [4.78, 5) is 26.6. The van der Waals surface area contributed by atoms with Gasteiger partial charge in [0.05, 0.1) is 5.56 Å². The predicted octanol–water partition coefficient (Wildman–Crippen LogP) is 3.40. The van der Waals surface area contributed by atoms with Gasteiger partial charge in [0.2, 0.25) is 0 Å². The van der Waals surface area contributed by atoms with E-state index in [9.17, 15) is 9.18 Å². The van der Waals surface area contributed by atoms with E-state index in [1.165, 1.54) is 12.1 Å². The molecule has 3 aromatic rings. The minimum atomic E-state index is -0.324. The first-order valence-corrected chi connectivity index (χ1v) is 9.72. The van der Waals surface area contributed by atoms with Gasteiger partial charge in [0.15, 0.2) is 5.13 Å². The molecule has 4 rings (SSSR count). The van der Waals surface area contributed by atoms with Crippen LogP contribution in [-0.2, 0) is 0 Å². The van der Waals surface area contributed by atoms with E-state index in [1.54, 1.807) is 23.6 Å². The van der Waals surface area contributed by atoms with Crippen molar-refractivity contribution in [1.29, 1.82) is 0 Å². The minimum absolute atomic E-state index is 0.0463. The van der Waals surface area contributed by atoms with Crippen LogP contribution in [0.1, 0.15) is 10.4 Å². The standard InChI is InChI=1S/C17H14FIN4OS/c18-11-3-4-12(13(19)10-11)16(24)22-6-8-23(9-7-22)17-21-14-2-1-5-20-15(14)25-17/h1-5,10H,6-9H2. The molecule has 0 N–H and O–H groups in total. The van der Waals surface area contributed by atoms with Crippen LogP contribution in [-0.4, -0.2) is 47.0 Å². The molecular weight excluding hydrogens is 454 g/mol. The number of amides is 1. The largest absolute Gasteiger partial charge is 0.344 e. The predicted molar refractivity (Wildman–Crippen MR) is 105 cm³/mol. The van der Waals surface area contributed by atoms with Gasteiger partial charge in [-0.1, -0.05) is 11.3 Å². The van der Waals surface area contributed by atoms with E-state index in [0.717, 1.165) is 28.6 Å². The number of anilines is 1. The van der Waals surface area contributed by atoms with Gasteiger partial charge in [-0.3, -0.25) is 4.79 Å². The zero-order chi connectivity index (χ0) is 17.4. The molecule has 1 aliphatic rings. The van der Waals surface area contributed by atoms with Gasteiger partial charge in [-0.25, -0.2) is 14.4 Å². The first-order chi connectivity index (χ1) is 12.1. The summed E-state index contributed by atoms with van der Waals surface area (Å²) in [5, 5.41) is 0.942. The Morgan fingerprint density at radius 2 is 2.00 bits per heavy atom. The summed E-state index contributed by atoms with van der Waals surface area (Å²) in [5.74, 6) is -0.370. The summed E-state index contributed by atoms with van der Waals surface area (Å²) < 4.78 is 13.9. The number of rotatable bonds is 2. The van der Waals surface area contributed by atoms with Crippen LogP contribution in [0.5, 0.6) is 0 Å². The second-order valence-electron chi connectivity index (χ2n) is 5.73. The van der Waals surface area contributed by atoms with Crippen molar-refractivity contribution >= 4 is 55.3 Å². The number of piperazine rings is 1. The third-order valence-electron chi connectivity index (χ3n) is 4.15. The van der Waals surface area contributed by atoms with Crippen molar-refractivity contribution < 1.29 is 9.18 Å². The Hall–Kier alpha value is -1.81. The third kappa shape index (κ3) is 3.32. The number of halogens is 2. The highest BCUT2D eigenvalue weighted by Crippen LogP contribution is 2.28. The van der Waals surface area contributed by atoms with Gasteiger partial charge in [-0.2, -0.15) is 0 Å². The SMILES string of the molecule is O=C(c1ccc(F)cc1I)N1CCN(c2nc3cccnc3s2)CC1. The van der Waals surface area contributed by atoms with Crippen molar-refractivity contribution in [3.05, 3.63) is 51.5 Å². The van der Waals surface area contributed by atoms with Gasteiger partial charge < -0.3 is 9.80 Å². The van der Waals surface area contributed by atoms with Crippen LogP contribution >= 0.6 is 33.9 Å². The van der Waals surface area contributed by atoms with Crippen molar-refractivity contribution in [1.82, 2.24) is 14.9 Å². The Morgan fingerprint density at radius 1 is 1.20 bits per heavy atom. The minimum Gasteiger partial charge on any atom is -0.344 e. The number of carbonyl (C=O) groups excluding carboxylic acids is 1. The highest BCUT2D eigenvalue weighted by atomic mass is 127. The lowest BCUT2D eigenvalue weighted by atomic mass is 10.2. The third-order valence-corrected chi connectivity index (χ3v) is 6.09. The number of nitrogens with zero attached hydrogens (tertiary/aromatic N) is 4. The molecule has 2 aromatic heterocycles. The van der Waals surface area contributed by atoms with Crippen molar-refractivity contribution in [3.63, 3.8) is 0 Å². The highest BCUT2D eigenvalue weighted by Gasteiger charge is 2.25. The van der Waals surface area contributed by atoms with Gasteiger partial charge in [-0.05, 0) is 52.9 Å². The van der Waals surface area contributed by atoms with E-state index in [0.29, 0.717) is 22.2 Å². The van der Waals surface area contributed by atoms with Crippen molar-refractivity contribution in [2.24, 2.45) is 0 Å². The number of benzene rings is 1. The number of aromatic nitrogens is 2. The van der Waals surface area contributed by atoms with Crippen LogP contribution in [0.4, 0.5) is 9.52 Å². The highest BCUT2D eigenvalue weighted by molar-refractivity contribution is 14.1. The van der Waals surface area contributed by atoms with Crippen molar-refractivity contribution in [2.75, 3.05) is 31.1 Å². The summed E-state index contributed by atoms with van der Waals surface area (Å²) in [7, 11) is 0. The molecule has 0 aliphatic carbocycles. The van der Waals surface area contributed by atoms with Gasteiger partial charge in [0.1, 0.15) is 16.2 Å². The molecule has 8 heteroatoms. The van der Waals surface area contributed by atoms with Crippen molar-refractivity contribution in [3.8, 4) is 0 Å². The maximum atomic E-state index is 13.2. The lowest BCUT2D eigenvalue weighted by molar-refractivity contribution is 0.0745. The first-order valence-electron chi connectivity index (χ1n) is 7.82. The summed E-state index contributed by atoms with van der Waals surface area (Å²) in [6.45, 7) is 2.69. The average molecular weight is 468 g/mol. The molecule has 0 radical (unpaired) electrons. The van der Waals surface area contributed by atoms with Crippen LogP contribution in [0.15, 0.2) is 36.5 Å². The van der Waals surface area contributed by atoms with E-state index in [-0.39, 0.29) is 11.7 Å². The van der Waals surface area contributed by atoms with Crippen LogP contribution in [0.25, 0.3) is 10.3 Å². The molecule has 0 bridgehead atoms. The van der Waals surface area contributed by atoms with E-state index in [2.05, 4.69) is 14.9 Å². The molecule has 1 amide bonds. The number of thiazole rings is 1. The van der Waals surface area contributed by atoms with Crippen LogP contribution in [0, 0.1) is 9.39 Å². The van der Waals surface area contributed by atoms with Crippen LogP contribution < -0.4 is 4.90 Å². The second-order valence-corrected chi connectivity index (χ2v) is 7.85. The van der Waals surface area contributed by atoms with Gasteiger partial charge >= 0.3 is 0 Å². The fourth-order valence-corrected chi connectivity index (χ4v) is 4.50. The Kier molecular flexibility index (Phi) is 4.55. The van der Waals surface area contributed by atoms with Crippen LogP contribution in [0.2, 0.25) is 0 Å². The van der Waals surface area contributed by atoms with E-state index >= 15 is 0 Å². The maximum Gasteiger partial charge on any atom is 0.255 e. The smallest absolute Gasteiger partial charge is 0.255 e. The monoisotopic (exact) mass is 468 g/mol. The summed E-state index contributed by atoms with van der Waals surface area (Å²) in [6, 6.07) is 8.12. The quantitative estimate of drug-likeness (QED) is 0.542. The molecule has 5 nitrogen and oxygen atoms in total. The molecule has 1 saturated heterocycles. The van der Waals surface area contributed by atoms with Gasteiger partial charge in [0, 0.05) is 35.9 Å². The lowest BCUT2D eigenvalue weighted by Crippen LogP contribution is -2.49. The summed E-state index contributed by atoms with van der Waals surface area (Å²) >= 11 is 3.58. The second kappa shape index (κ2) is 6.83. The molecule has 3 heterocycles. The summed E-state index contributed by atoms with van der Waals surface area (Å²) in [5.41, 5.74) is 1.46. The zero-order valence-electron chi connectivity index (χ0n) is 13.2. The average Bonchev–Trinajstić information content (AvgIpc) is 3.05. The molecule has 0 unspecified atom stereocenters. The molecule has 0 spiro atoms. The Bertz CT molecular complexity index is 906. The van der Waals surface area contributed by atoms with E-state index < -0.39 is 0 Å². The fraction of sp³-hybridized carbons (Fsp3) is 0.235. The number of hydrogen-bond acceptors (Lipinski definition) is 5.